The molecule has 0 spiro atoms. The minimum absolute atomic E-state index is 0.730. The van der Waals surface area contributed by atoms with Crippen LogP contribution >= 0.6 is 27.3 Å². The molecule has 2 rings (SSSR count). The molecule has 0 saturated heterocycles. The summed E-state index contributed by atoms with van der Waals surface area (Å²) in [6, 6.07) is 7.97. The topological polar surface area (TPSA) is 26.9 Å². The van der Waals surface area contributed by atoms with Crippen molar-refractivity contribution in [3.63, 3.8) is 0 Å². The highest BCUT2D eigenvalue weighted by Crippen LogP contribution is 2.27. The van der Waals surface area contributed by atoms with E-state index < -0.39 is 0 Å². The van der Waals surface area contributed by atoms with Gasteiger partial charge in [-0.3, -0.25) is 0 Å². The number of unbranched alkanes of at least 4 members (excludes halogenated alkanes) is 3. The van der Waals surface area contributed by atoms with Crippen LogP contribution in [0.1, 0.15) is 37.5 Å². The van der Waals surface area contributed by atoms with Crippen molar-refractivity contribution in [1.82, 2.24) is 0 Å². The number of pyridine rings is 1. The quantitative estimate of drug-likeness (QED) is 0.416. The van der Waals surface area contributed by atoms with Crippen LogP contribution in [0.15, 0.2) is 34.9 Å². The second kappa shape index (κ2) is 7.06. The molecule has 2 aromatic heterocycles. The number of nitrogens with zero attached hydrogens (tertiary/aromatic N) is 1. The van der Waals surface area contributed by atoms with Crippen molar-refractivity contribution in [3.8, 4) is 10.6 Å². The van der Waals surface area contributed by atoms with Gasteiger partial charge < -0.3 is 5.21 Å². The molecule has 0 atom stereocenters. The summed E-state index contributed by atoms with van der Waals surface area (Å²) in [6.45, 7) is 2.23. The molecule has 102 valence electrons. The van der Waals surface area contributed by atoms with Gasteiger partial charge in [0.25, 0.3) is 0 Å². The van der Waals surface area contributed by atoms with Crippen LogP contribution in [0.2, 0.25) is 0 Å². The molecule has 0 N–H and O–H groups in total. The van der Waals surface area contributed by atoms with Gasteiger partial charge in [-0.15, -0.1) is 11.3 Å². The molecule has 0 aromatic carbocycles. The first kappa shape index (κ1) is 14.5. The fraction of sp³-hybridized carbons (Fsp3) is 0.400. The van der Waals surface area contributed by atoms with Crippen molar-refractivity contribution in [2.24, 2.45) is 0 Å². The molecule has 0 aliphatic heterocycles. The first-order chi connectivity index (χ1) is 9.20. The van der Waals surface area contributed by atoms with E-state index in [1.54, 1.807) is 17.5 Å². The van der Waals surface area contributed by atoms with Gasteiger partial charge >= 0.3 is 0 Å². The van der Waals surface area contributed by atoms with Gasteiger partial charge in [0.15, 0.2) is 6.20 Å². The van der Waals surface area contributed by atoms with E-state index >= 15 is 0 Å². The molecule has 0 aliphatic rings. The van der Waals surface area contributed by atoms with E-state index in [1.807, 2.05) is 12.1 Å². The second-order valence-corrected chi connectivity index (χ2v) is 6.72. The summed E-state index contributed by atoms with van der Waals surface area (Å²) in [6.07, 6.45) is 7.79. The van der Waals surface area contributed by atoms with E-state index in [9.17, 15) is 5.21 Å². The van der Waals surface area contributed by atoms with Crippen LogP contribution in [0.25, 0.3) is 10.6 Å². The van der Waals surface area contributed by atoms with Gasteiger partial charge in [-0.25, -0.2) is 0 Å². The molecule has 2 heterocycles. The molecule has 2 aromatic rings. The Morgan fingerprint density at radius 1 is 1.16 bits per heavy atom. The molecule has 0 radical (unpaired) electrons. The van der Waals surface area contributed by atoms with Crippen molar-refractivity contribution in [1.29, 1.82) is 0 Å². The summed E-state index contributed by atoms with van der Waals surface area (Å²) in [7, 11) is 0. The Hall–Kier alpha value is -0.870. The lowest BCUT2D eigenvalue weighted by molar-refractivity contribution is -0.594. The number of thiophene rings is 1. The van der Waals surface area contributed by atoms with Crippen molar-refractivity contribution >= 4 is 27.3 Å². The Labute approximate surface area is 126 Å². The molecule has 0 aliphatic carbocycles. The van der Waals surface area contributed by atoms with Crippen molar-refractivity contribution in [3.05, 3.63) is 45.0 Å². The number of aromatic nitrogens is 1. The van der Waals surface area contributed by atoms with Gasteiger partial charge in [0.2, 0.25) is 5.69 Å². The third kappa shape index (κ3) is 4.05. The molecule has 0 unspecified atom stereocenters. The summed E-state index contributed by atoms with van der Waals surface area (Å²) >= 11 is 5.03. The second-order valence-electron chi connectivity index (χ2n) is 4.63. The van der Waals surface area contributed by atoms with Crippen molar-refractivity contribution < 1.29 is 4.73 Å². The molecule has 0 amide bonds. The van der Waals surface area contributed by atoms with Crippen LogP contribution in [0.4, 0.5) is 0 Å². The number of hydrogen-bond acceptors (Lipinski definition) is 2. The zero-order valence-electron chi connectivity index (χ0n) is 11.1. The normalized spacial score (nSPS) is 10.8. The maximum Gasteiger partial charge on any atom is 0.233 e. The first-order valence-corrected chi connectivity index (χ1v) is 8.29. The highest BCUT2D eigenvalue weighted by atomic mass is 79.9. The zero-order valence-corrected chi connectivity index (χ0v) is 13.5. The molecule has 19 heavy (non-hydrogen) atoms. The van der Waals surface area contributed by atoms with Gasteiger partial charge in [-0.2, -0.15) is 4.73 Å². The van der Waals surface area contributed by atoms with E-state index in [2.05, 4.69) is 35.0 Å². The minimum Gasteiger partial charge on any atom is -0.618 e. The van der Waals surface area contributed by atoms with E-state index in [-0.39, 0.29) is 0 Å². The molecule has 2 nitrogen and oxygen atoms in total. The van der Waals surface area contributed by atoms with Gasteiger partial charge in [0, 0.05) is 10.9 Å². The summed E-state index contributed by atoms with van der Waals surface area (Å²) in [5, 5.41) is 11.8. The Morgan fingerprint density at radius 2 is 2.00 bits per heavy atom. The maximum atomic E-state index is 11.8. The van der Waals surface area contributed by atoms with Crippen LogP contribution in [0.5, 0.6) is 0 Å². The lowest BCUT2D eigenvalue weighted by Crippen LogP contribution is -2.28. The van der Waals surface area contributed by atoms with Crippen LogP contribution < -0.4 is 4.73 Å². The third-order valence-electron chi connectivity index (χ3n) is 3.07. The lowest BCUT2D eigenvalue weighted by atomic mass is 10.1. The van der Waals surface area contributed by atoms with Gasteiger partial charge in [-0.1, -0.05) is 26.2 Å². The van der Waals surface area contributed by atoms with E-state index in [0.29, 0.717) is 0 Å². The van der Waals surface area contributed by atoms with E-state index in [1.165, 1.54) is 30.6 Å². The molecule has 0 saturated carbocycles. The number of hydrogen-bond donors (Lipinski definition) is 0. The number of aryl methyl sites for hydroxylation is 1. The average molecular weight is 340 g/mol. The Kier molecular flexibility index (Phi) is 5.40. The smallest absolute Gasteiger partial charge is 0.233 e. The monoisotopic (exact) mass is 339 g/mol. The van der Waals surface area contributed by atoms with Gasteiger partial charge in [-0.05, 0) is 47.0 Å². The SMILES string of the molecule is CCCCCCc1ccc(-c2ccc(Br)c[n+]2[O-])s1. The lowest BCUT2D eigenvalue weighted by Gasteiger charge is -2.02. The average Bonchev–Trinajstić information content (AvgIpc) is 2.83. The molecule has 0 fully saturated rings. The maximum absolute atomic E-state index is 11.8. The largest absolute Gasteiger partial charge is 0.618 e. The van der Waals surface area contributed by atoms with E-state index in [0.717, 1.165) is 26.2 Å². The Morgan fingerprint density at radius 3 is 2.74 bits per heavy atom. The summed E-state index contributed by atoms with van der Waals surface area (Å²) in [5.41, 5.74) is 0.730. The highest BCUT2D eigenvalue weighted by molar-refractivity contribution is 9.10. The zero-order chi connectivity index (χ0) is 13.7. The molecular formula is C15H18BrNOS. The highest BCUT2D eigenvalue weighted by Gasteiger charge is 2.11. The Bertz CT molecular complexity index is 539. The fourth-order valence-electron chi connectivity index (χ4n) is 2.02. The fourth-order valence-corrected chi connectivity index (χ4v) is 3.41. The predicted octanol–water partition coefficient (Wildman–Crippen LogP) is 4.93. The van der Waals surface area contributed by atoms with Crippen molar-refractivity contribution in [2.45, 2.75) is 39.0 Å². The van der Waals surface area contributed by atoms with Crippen LogP contribution in [-0.2, 0) is 6.42 Å². The van der Waals surface area contributed by atoms with Gasteiger partial charge in [0.05, 0.1) is 4.47 Å². The predicted molar refractivity (Wildman–Crippen MR) is 84.3 cm³/mol. The van der Waals surface area contributed by atoms with Gasteiger partial charge in [0.1, 0.15) is 4.88 Å². The minimum atomic E-state index is 0.730. The molecule has 4 heteroatoms. The Balaban J connectivity index is 2.04. The number of rotatable bonds is 6. The third-order valence-corrected chi connectivity index (χ3v) is 4.71. The summed E-state index contributed by atoms with van der Waals surface area (Å²) in [5.74, 6) is 0. The standard InChI is InChI=1S/C15H18BrNOS/c1-2-3-4-5-6-13-8-10-15(19-13)14-9-7-12(16)11-17(14)18/h7-11H,2-6H2,1H3. The first-order valence-electron chi connectivity index (χ1n) is 6.68. The summed E-state index contributed by atoms with van der Waals surface area (Å²) in [4.78, 5) is 2.42. The summed E-state index contributed by atoms with van der Waals surface area (Å²) < 4.78 is 1.74. The van der Waals surface area contributed by atoms with Crippen molar-refractivity contribution in [2.75, 3.05) is 0 Å². The van der Waals surface area contributed by atoms with E-state index in [4.69, 9.17) is 0 Å². The van der Waals surface area contributed by atoms with Crippen LogP contribution in [0.3, 0.4) is 0 Å². The number of halogens is 1. The van der Waals surface area contributed by atoms with Crippen LogP contribution in [0, 0.1) is 5.21 Å². The van der Waals surface area contributed by atoms with Crippen LogP contribution in [-0.4, -0.2) is 0 Å². The molecule has 0 bridgehead atoms. The molecular weight excluding hydrogens is 322 g/mol.